The quantitative estimate of drug-likeness (QED) is 0.831. The van der Waals surface area contributed by atoms with Gasteiger partial charge < -0.3 is 9.80 Å². The molecule has 0 spiro atoms. The smallest absolute Gasteiger partial charge is 0.225 e. The molecule has 0 N–H and O–H groups in total. The average molecular weight is 355 g/mol. The second-order valence-electron chi connectivity index (χ2n) is 7.74. The number of hydrogen-bond acceptors (Lipinski definition) is 5. The molecule has 1 atom stereocenters. The Morgan fingerprint density at radius 2 is 2.00 bits per heavy atom. The largest absolute Gasteiger partial charge is 0.371 e. The maximum Gasteiger partial charge on any atom is 0.225 e. The number of aromatic nitrogens is 1. The van der Waals surface area contributed by atoms with Crippen LogP contribution in [0.2, 0.25) is 0 Å². The Bertz CT molecular complexity index is 675. The zero-order valence-electron chi connectivity index (χ0n) is 16.1. The summed E-state index contributed by atoms with van der Waals surface area (Å²) < 4.78 is 0. The molecule has 6 nitrogen and oxygen atoms in total. The topological polar surface area (TPSA) is 63.5 Å². The van der Waals surface area contributed by atoms with Crippen LogP contribution in [0.3, 0.4) is 0 Å². The first-order valence-electron chi connectivity index (χ1n) is 9.65. The van der Waals surface area contributed by atoms with Crippen molar-refractivity contribution in [2.75, 3.05) is 37.6 Å². The van der Waals surface area contributed by atoms with Crippen LogP contribution < -0.4 is 4.90 Å². The lowest BCUT2D eigenvalue weighted by Crippen LogP contribution is -2.57. The van der Waals surface area contributed by atoms with Crippen molar-refractivity contribution >= 4 is 11.6 Å². The number of nitriles is 1. The van der Waals surface area contributed by atoms with Crippen LogP contribution >= 0.6 is 0 Å². The summed E-state index contributed by atoms with van der Waals surface area (Å²) in [7, 11) is 0. The van der Waals surface area contributed by atoms with Crippen LogP contribution in [-0.4, -0.2) is 65.5 Å². The molecule has 1 aromatic heterocycles. The summed E-state index contributed by atoms with van der Waals surface area (Å²) in [5.74, 6) is 0.452. The first-order chi connectivity index (χ1) is 12.5. The van der Waals surface area contributed by atoms with Crippen molar-refractivity contribution in [3.05, 3.63) is 24.0 Å². The highest BCUT2D eigenvalue weighted by Gasteiger charge is 2.33. The van der Waals surface area contributed by atoms with Gasteiger partial charge in [-0.25, -0.2) is 4.98 Å². The van der Waals surface area contributed by atoms with Gasteiger partial charge in [0.2, 0.25) is 5.91 Å². The van der Waals surface area contributed by atoms with Crippen molar-refractivity contribution in [2.24, 2.45) is 5.92 Å². The van der Waals surface area contributed by atoms with Crippen LogP contribution in [0.15, 0.2) is 18.3 Å². The van der Waals surface area contributed by atoms with Gasteiger partial charge in [-0.15, -0.1) is 0 Å². The van der Waals surface area contributed by atoms with Gasteiger partial charge in [-0.2, -0.15) is 5.26 Å². The summed E-state index contributed by atoms with van der Waals surface area (Å²) in [5, 5.41) is 9.01. The van der Waals surface area contributed by atoms with E-state index in [4.69, 9.17) is 5.26 Å². The zero-order chi connectivity index (χ0) is 18.7. The first-order valence-corrected chi connectivity index (χ1v) is 9.65. The molecule has 1 unspecified atom stereocenters. The molecule has 3 rings (SSSR count). The third-order valence-electron chi connectivity index (χ3n) is 5.72. The van der Waals surface area contributed by atoms with E-state index in [2.05, 4.69) is 46.5 Å². The van der Waals surface area contributed by atoms with Crippen molar-refractivity contribution in [3.63, 3.8) is 0 Å². The fourth-order valence-corrected chi connectivity index (χ4v) is 4.26. The lowest BCUT2D eigenvalue weighted by atomic mass is 9.94. The number of hydrogen-bond donors (Lipinski definition) is 0. The summed E-state index contributed by atoms with van der Waals surface area (Å²) in [6, 6.07) is 6.81. The summed E-state index contributed by atoms with van der Waals surface area (Å²) in [6.45, 7) is 11.0. The van der Waals surface area contributed by atoms with Gasteiger partial charge in [0, 0.05) is 62.6 Å². The van der Waals surface area contributed by atoms with E-state index >= 15 is 0 Å². The van der Waals surface area contributed by atoms with Crippen LogP contribution in [0.1, 0.15) is 39.3 Å². The van der Waals surface area contributed by atoms with Gasteiger partial charge in [0.25, 0.3) is 0 Å². The average Bonchev–Trinajstić information content (AvgIpc) is 2.67. The first kappa shape index (κ1) is 18.7. The normalized spacial score (nSPS) is 22.5. The van der Waals surface area contributed by atoms with Crippen LogP contribution in [0, 0.1) is 17.2 Å². The highest BCUT2D eigenvalue weighted by molar-refractivity contribution is 5.79. The predicted molar refractivity (Wildman–Crippen MR) is 102 cm³/mol. The SMILES string of the molecule is CC(C)N1CCN(C(=O)C2CCN(c3ccnc(C#N)c3)CC2)CC1C. The minimum atomic E-state index is 0.126. The van der Waals surface area contributed by atoms with Gasteiger partial charge in [0.05, 0.1) is 0 Å². The lowest BCUT2D eigenvalue weighted by Gasteiger charge is -2.43. The van der Waals surface area contributed by atoms with Crippen molar-refractivity contribution in [1.82, 2.24) is 14.8 Å². The standard InChI is InChI=1S/C20H29N5O/c1-15(2)25-11-10-24(14-16(25)3)20(26)17-5-8-23(9-6-17)19-4-7-22-18(12-19)13-21/h4,7,12,15-17H,5-6,8-11,14H2,1-3H3. The molecule has 0 bridgehead atoms. The predicted octanol–water partition coefficient (Wildman–Crippen LogP) is 2.11. The minimum Gasteiger partial charge on any atom is -0.371 e. The van der Waals surface area contributed by atoms with Gasteiger partial charge in [0.15, 0.2) is 0 Å². The third kappa shape index (κ3) is 3.99. The van der Waals surface area contributed by atoms with E-state index in [0.29, 0.717) is 23.7 Å². The molecular formula is C20H29N5O. The molecule has 2 aliphatic rings. The van der Waals surface area contributed by atoms with Crippen molar-refractivity contribution in [3.8, 4) is 6.07 Å². The van der Waals surface area contributed by atoms with Gasteiger partial charge in [-0.1, -0.05) is 0 Å². The van der Waals surface area contributed by atoms with Gasteiger partial charge in [0.1, 0.15) is 11.8 Å². The maximum atomic E-state index is 13.0. The number of amides is 1. The Balaban J connectivity index is 1.55. The Morgan fingerprint density at radius 1 is 1.27 bits per heavy atom. The Hall–Kier alpha value is -2.13. The van der Waals surface area contributed by atoms with E-state index in [1.807, 2.05) is 12.1 Å². The molecule has 0 aromatic carbocycles. The van der Waals surface area contributed by atoms with Crippen molar-refractivity contribution < 1.29 is 4.79 Å². The molecule has 6 heteroatoms. The summed E-state index contributed by atoms with van der Waals surface area (Å²) >= 11 is 0. The van der Waals surface area contributed by atoms with Gasteiger partial charge in [-0.05, 0) is 45.7 Å². The summed E-state index contributed by atoms with van der Waals surface area (Å²) in [4.78, 5) is 23.8. The van der Waals surface area contributed by atoms with Crippen LogP contribution in [0.5, 0.6) is 0 Å². The summed E-state index contributed by atoms with van der Waals surface area (Å²) in [6.07, 6.45) is 3.43. The van der Waals surface area contributed by atoms with E-state index in [1.165, 1.54) is 0 Å². The minimum absolute atomic E-state index is 0.126. The van der Waals surface area contributed by atoms with Crippen LogP contribution in [0.4, 0.5) is 5.69 Å². The third-order valence-corrected chi connectivity index (χ3v) is 5.72. The molecule has 2 saturated heterocycles. The lowest BCUT2D eigenvalue weighted by molar-refractivity contribution is -0.139. The number of anilines is 1. The van der Waals surface area contributed by atoms with Crippen molar-refractivity contribution in [2.45, 2.75) is 45.7 Å². The molecule has 26 heavy (non-hydrogen) atoms. The molecular weight excluding hydrogens is 326 g/mol. The number of nitrogens with zero attached hydrogens (tertiary/aromatic N) is 5. The molecule has 0 radical (unpaired) electrons. The molecule has 0 saturated carbocycles. The highest BCUT2D eigenvalue weighted by Crippen LogP contribution is 2.26. The molecule has 0 aliphatic carbocycles. The molecule has 1 amide bonds. The highest BCUT2D eigenvalue weighted by atomic mass is 16.2. The second kappa shape index (κ2) is 8.05. The monoisotopic (exact) mass is 355 g/mol. The Morgan fingerprint density at radius 3 is 2.62 bits per heavy atom. The van der Waals surface area contributed by atoms with Gasteiger partial charge in [-0.3, -0.25) is 9.69 Å². The van der Waals surface area contributed by atoms with E-state index < -0.39 is 0 Å². The van der Waals surface area contributed by atoms with Crippen LogP contribution in [0.25, 0.3) is 0 Å². The maximum absolute atomic E-state index is 13.0. The van der Waals surface area contributed by atoms with Crippen LogP contribution in [-0.2, 0) is 4.79 Å². The summed E-state index contributed by atoms with van der Waals surface area (Å²) in [5.41, 5.74) is 1.47. The van der Waals surface area contributed by atoms with Crippen molar-refractivity contribution in [1.29, 1.82) is 5.26 Å². The number of carbonyl (C=O) groups excluding carboxylic acids is 1. The fraction of sp³-hybridized carbons (Fsp3) is 0.650. The van der Waals surface area contributed by atoms with Gasteiger partial charge >= 0.3 is 0 Å². The second-order valence-corrected chi connectivity index (χ2v) is 7.74. The molecule has 3 heterocycles. The van der Waals surface area contributed by atoms with E-state index in [-0.39, 0.29) is 5.92 Å². The van der Waals surface area contributed by atoms with E-state index in [9.17, 15) is 4.79 Å². The Kier molecular flexibility index (Phi) is 5.77. The zero-order valence-corrected chi connectivity index (χ0v) is 16.1. The number of carbonyl (C=O) groups is 1. The fourth-order valence-electron chi connectivity index (χ4n) is 4.26. The number of piperidine rings is 1. The molecule has 1 aromatic rings. The molecule has 2 aliphatic heterocycles. The molecule has 140 valence electrons. The number of pyridine rings is 1. The Labute approximate surface area is 156 Å². The molecule has 2 fully saturated rings. The number of rotatable bonds is 3. The number of piperazine rings is 1. The van der Waals surface area contributed by atoms with E-state index in [1.54, 1.807) is 6.20 Å². The van der Waals surface area contributed by atoms with E-state index in [0.717, 1.165) is 51.3 Å².